The normalized spacial score (nSPS) is 22.3. The van der Waals surface area contributed by atoms with E-state index in [1.54, 1.807) is 4.90 Å². The molecule has 1 aliphatic rings. The van der Waals surface area contributed by atoms with Crippen LogP contribution in [-0.2, 0) is 18.3 Å². The molecule has 0 aliphatic heterocycles. The first-order valence-corrected chi connectivity index (χ1v) is 7.81. The molecule has 0 aromatic carbocycles. The highest BCUT2D eigenvalue weighted by molar-refractivity contribution is 5.79. The van der Waals surface area contributed by atoms with Crippen LogP contribution in [0.2, 0.25) is 0 Å². The minimum absolute atomic E-state index is 0.104. The summed E-state index contributed by atoms with van der Waals surface area (Å²) in [6.07, 6.45) is 4.28. The van der Waals surface area contributed by atoms with E-state index < -0.39 is 0 Å². The molecule has 1 saturated carbocycles. The summed E-state index contributed by atoms with van der Waals surface area (Å²) < 4.78 is 1.82. The molecule has 1 N–H and O–H groups in total. The average molecular weight is 293 g/mol. The Labute approximate surface area is 126 Å². The van der Waals surface area contributed by atoms with E-state index in [0.29, 0.717) is 13.0 Å². The van der Waals surface area contributed by atoms with Gasteiger partial charge < -0.3 is 10.0 Å². The Morgan fingerprint density at radius 3 is 2.62 bits per heavy atom. The Hall–Kier alpha value is -1.36. The van der Waals surface area contributed by atoms with Crippen molar-refractivity contribution in [2.24, 2.45) is 13.0 Å². The molecule has 1 aliphatic carbocycles. The smallest absolute Gasteiger partial charge is 0.226 e. The third-order valence-corrected chi connectivity index (χ3v) is 4.79. The predicted octanol–water partition coefficient (Wildman–Crippen LogP) is 1.59. The molecule has 1 aromatic heterocycles. The number of rotatable bonds is 4. The van der Waals surface area contributed by atoms with Gasteiger partial charge in [0.15, 0.2) is 0 Å². The van der Waals surface area contributed by atoms with Gasteiger partial charge in [-0.05, 0) is 26.7 Å². The summed E-state index contributed by atoms with van der Waals surface area (Å²) in [4.78, 5) is 14.2. The maximum Gasteiger partial charge on any atom is 0.226 e. The standard InChI is InChI=1S/C16H27N3O2/c1-11-14(12(2)19(4)17-11)9-16(21)18(3)10-13-7-5-6-8-15(13)20/h13,15,20H,5-10H2,1-4H3. The van der Waals surface area contributed by atoms with Crippen LogP contribution < -0.4 is 0 Å². The van der Waals surface area contributed by atoms with Gasteiger partial charge >= 0.3 is 0 Å². The molecule has 2 atom stereocenters. The summed E-state index contributed by atoms with van der Waals surface area (Å²) in [5.41, 5.74) is 3.00. The minimum Gasteiger partial charge on any atom is -0.393 e. The molecule has 21 heavy (non-hydrogen) atoms. The average Bonchev–Trinajstić information content (AvgIpc) is 2.67. The molecule has 5 heteroatoms. The highest BCUT2D eigenvalue weighted by atomic mass is 16.3. The number of aliphatic hydroxyl groups is 1. The number of aromatic nitrogens is 2. The van der Waals surface area contributed by atoms with Crippen molar-refractivity contribution in [3.8, 4) is 0 Å². The van der Waals surface area contributed by atoms with Gasteiger partial charge in [0.25, 0.3) is 0 Å². The highest BCUT2D eigenvalue weighted by Crippen LogP contribution is 2.25. The molecule has 0 bridgehead atoms. The summed E-state index contributed by atoms with van der Waals surface area (Å²) in [6.45, 7) is 4.59. The van der Waals surface area contributed by atoms with Crippen molar-refractivity contribution >= 4 is 5.91 Å². The maximum absolute atomic E-state index is 12.4. The van der Waals surface area contributed by atoms with Crippen molar-refractivity contribution in [2.45, 2.75) is 52.1 Å². The van der Waals surface area contributed by atoms with Gasteiger partial charge in [-0.15, -0.1) is 0 Å². The Morgan fingerprint density at radius 2 is 2.05 bits per heavy atom. The zero-order valence-electron chi connectivity index (χ0n) is 13.6. The van der Waals surface area contributed by atoms with Crippen molar-refractivity contribution in [2.75, 3.05) is 13.6 Å². The molecule has 2 rings (SSSR count). The van der Waals surface area contributed by atoms with E-state index in [1.165, 1.54) is 0 Å². The summed E-state index contributed by atoms with van der Waals surface area (Å²) >= 11 is 0. The Bertz CT molecular complexity index is 510. The Kier molecular flexibility index (Phi) is 5.04. The van der Waals surface area contributed by atoms with Crippen LogP contribution >= 0.6 is 0 Å². The fourth-order valence-corrected chi connectivity index (χ4v) is 3.21. The van der Waals surface area contributed by atoms with E-state index in [1.807, 2.05) is 32.6 Å². The van der Waals surface area contributed by atoms with Crippen LogP contribution in [0.5, 0.6) is 0 Å². The highest BCUT2D eigenvalue weighted by Gasteiger charge is 2.26. The first kappa shape index (κ1) is 16.0. The molecule has 1 amide bonds. The summed E-state index contributed by atoms with van der Waals surface area (Å²) in [5.74, 6) is 0.329. The second-order valence-corrected chi connectivity index (χ2v) is 6.34. The van der Waals surface area contributed by atoms with Crippen molar-refractivity contribution in [3.63, 3.8) is 0 Å². The summed E-state index contributed by atoms with van der Waals surface area (Å²) in [6, 6.07) is 0. The van der Waals surface area contributed by atoms with Crippen LogP contribution in [0.1, 0.15) is 42.6 Å². The lowest BCUT2D eigenvalue weighted by Gasteiger charge is -2.31. The van der Waals surface area contributed by atoms with Crippen LogP contribution in [0.25, 0.3) is 0 Å². The van der Waals surface area contributed by atoms with Gasteiger partial charge in [-0.2, -0.15) is 5.10 Å². The predicted molar refractivity (Wildman–Crippen MR) is 82.0 cm³/mol. The maximum atomic E-state index is 12.4. The number of likely N-dealkylation sites (N-methyl/N-ethyl adjacent to an activating group) is 1. The number of nitrogens with zero attached hydrogens (tertiary/aromatic N) is 3. The topological polar surface area (TPSA) is 58.4 Å². The number of hydrogen-bond donors (Lipinski definition) is 1. The first-order valence-electron chi connectivity index (χ1n) is 7.81. The fraction of sp³-hybridized carbons (Fsp3) is 0.750. The monoisotopic (exact) mass is 293 g/mol. The minimum atomic E-state index is -0.254. The van der Waals surface area contributed by atoms with E-state index in [9.17, 15) is 9.90 Å². The van der Waals surface area contributed by atoms with Crippen LogP contribution in [0.15, 0.2) is 0 Å². The van der Waals surface area contributed by atoms with Gasteiger partial charge in [0.05, 0.1) is 18.2 Å². The van der Waals surface area contributed by atoms with E-state index in [0.717, 1.165) is 42.6 Å². The van der Waals surface area contributed by atoms with Gasteiger partial charge in [0.2, 0.25) is 5.91 Å². The summed E-state index contributed by atoms with van der Waals surface area (Å²) in [7, 11) is 3.74. The van der Waals surface area contributed by atoms with Gasteiger partial charge in [-0.3, -0.25) is 9.48 Å². The van der Waals surface area contributed by atoms with Crippen LogP contribution in [-0.4, -0.2) is 45.4 Å². The molecular formula is C16H27N3O2. The SMILES string of the molecule is Cc1nn(C)c(C)c1CC(=O)N(C)CC1CCCCC1O. The van der Waals surface area contributed by atoms with Crippen LogP contribution in [0, 0.1) is 19.8 Å². The number of aryl methyl sites for hydroxylation is 2. The number of carbonyl (C=O) groups excluding carboxylic acids is 1. The zero-order chi connectivity index (χ0) is 15.6. The molecule has 1 fully saturated rings. The second kappa shape index (κ2) is 6.60. The number of amides is 1. The van der Waals surface area contributed by atoms with E-state index in [4.69, 9.17) is 0 Å². The molecule has 5 nitrogen and oxygen atoms in total. The largest absolute Gasteiger partial charge is 0.393 e. The molecule has 1 heterocycles. The van der Waals surface area contributed by atoms with Gasteiger partial charge in [-0.25, -0.2) is 0 Å². The van der Waals surface area contributed by atoms with E-state index in [2.05, 4.69) is 5.10 Å². The molecule has 0 radical (unpaired) electrons. The van der Waals surface area contributed by atoms with E-state index >= 15 is 0 Å². The van der Waals surface area contributed by atoms with E-state index in [-0.39, 0.29) is 17.9 Å². The van der Waals surface area contributed by atoms with Gasteiger partial charge in [-0.1, -0.05) is 12.8 Å². The van der Waals surface area contributed by atoms with Gasteiger partial charge in [0.1, 0.15) is 0 Å². The Balaban J connectivity index is 1.96. The lowest BCUT2D eigenvalue weighted by Crippen LogP contribution is -2.38. The molecule has 1 aromatic rings. The molecule has 118 valence electrons. The first-order chi connectivity index (χ1) is 9.90. The third kappa shape index (κ3) is 3.64. The molecule has 0 saturated heterocycles. The van der Waals surface area contributed by atoms with Crippen molar-refractivity contribution in [1.82, 2.24) is 14.7 Å². The lowest BCUT2D eigenvalue weighted by molar-refractivity contribution is -0.130. The quantitative estimate of drug-likeness (QED) is 0.917. The van der Waals surface area contributed by atoms with Gasteiger partial charge in [0, 0.05) is 37.8 Å². The van der Waals surface area contributed by atoms with Crippen LogP contribution in [0.3, 0.4) is 0 Å². The van der Waals surface area contributed by atoms with Crippen molar-refractivity contribution < 1.29 is 9.90 Å². The number of hydrogen-bond acceptors (Lipinski definition) is 3. The number of aliphatic hydroxyl groups excluding tert-OH is 1. The molecule has 2 unspecified atom stereocenters. The number of carbonyl (C=O) groups is 1. The third-order valence-electron chi connectivity index (χ3n) is 4.79. The molecular weight excluding hydrogens is 266 g/mol. The van der Waals surface area contributed by atoms with Crippen molar-refractivity contribution in [3.05, 3.63) is 17.0 Å². The Morgan fingerprint density at radius 1 is 1.38 bits per heavy atom. The van der Waals surface area contributed by atoms with Crippen LogP contribution in [0.4, 0.5) is 0 Å². The fourth-order valence-electron chi connectivity index (χ4n) is 3.21. The lowest BCUT2D eigenvalue weighted by atomic mass is 9.86. The molecule has 0 spiro atoms. The second-order valence-electron chi connectivity index (χ2n) is 6.34. The van der Waals surface area contributed by atoms with Crippen molar-refractivity contribution in [1.29, 1.82) is 0 Å². The summed E-state index contributed by atoms with van der Waals surface area (Å²) in [5, 5.41) is 14.4. The zero-order valence-corrected chi connectivity index (χ0v) is 13.6.